The monoisotopic (exact) mass is 343 g/mol. The molecule has 2 aromatic rings. The van der Waals surface area contributed by atoms with Crippen LogP contribution in [0.1, 0.15) is 24.2 Å². The van der Waals surface area contributed by atoms with Crippen molar-refractivity contribution in [2.45, 2.75) is 19.5 Å². The van der Waals surface area contributed by atoms with Crippen molar-refractivity contribution >= 4 is 27.5 Å². The predicted molar refractivity (Wildman–Crippen MR) is 79.6 cm³/mol. The molecule has 6 heteroatoms. The Hall–Kier alpha value is -1.04. The van der Waals surface area contributed by atoms with E-state index in [0.29, 0.717) is 10.8 Å². The van der Waals surface area contributed by atoms with Gasteiger partial charge in [0, 0.05) is 11.0 Å². The zero-order chi connectivity index (χ0) is 14.0. The topological polar surface area (TPSA) is 53.1 Å². The summed E-state index contributed by atoms with van der Waals surface area (Å²) in [6, 6.07) is 5.31. The SMILES string of the molecule is CCn1ncc(OC)c1C(N)c1cccc(Br)c1Cl. The molecule has 1 aromatic heterocycles. The molecular weight excluding hydrogens is 330 g/mol. The van der Waals surface area contributed by atoms with Gasteiger partial charge in [0.1, 0.15) is 5.69 Å². The molecule has 0 spiro atoms. The molecule has 0 radical (unpaired) electrons. The number of hydrogen-bond donors (Lipinski definition) is 1. The van der Waals surface area contributed by atoms with E-state index in [4.69, 9.17) is 22.1 Å². The van der Waals surface area contributed by atoms with Crippen molar-refractivity contribution in [2.24, 2.45) is 5.73 Å². The van der Waals surface area contributed by atoms with Gasteiger partial charge in [-0.15, -0.1) is 0 Å². The van der Waals surface area contributed by atoms with Crippen molar-refractivity contribution in [3.05, 3.63) is 45.1 Å². The minimum Gasteiger partial charge on any atom is -0.493 e. The number of nitrogens with zero attached hydrogens (tertiary/aromatic N) is 2. The van der Waals surface area contributed by atoms with E-state index < -0.39 is 0 Å². The smallest absolute Gasteiger partial charge is 0.161 e. The first-order valence-corrected chi connectivity index (χ1v) is 7.06. The Kier molecular flexibility index (Phi) is 4.50. The number of ether oxygens (including phenoxy) is 1. The van der Waals surface area contributed by atoms with E-state index >= 15 is 0 Å². The first-order chi connectivity index (χ1) is 9.10. The summed E-state index contributed by atoms with van der Waals surface area (Å²) in [6.45, 7) is 2.73. The molecule has 0 saturated heterocycles. The summed E-state index contributed by atoms with van der Waals surface area (Å²) in [5.74, 6) is 0.672. The molecule has 1 atom stereocenters. The van der Waals surface area contributed by atoms with Crippen molar-refractivity contribution in [3.63, 3.8) is 0 Å². The van der Waals surface area contributed by atoms with Crippen LogP contribution in [0.5, 0.6) is 5.75 Å². The third-order valence-corrected chi connectivity index (χ3v) is 4.29. The minimum absolute atomic E-state index is 0.387. The highest BCUT2D eigenvalue weighted by molar-refractivity contribution is 9.10. The minimum atomic E-state index is -0.387. The molecule has 0 bridgehead atoms. The summed E-state index contributed by atoms with van der Waals surface area (Å²) in [6.07, 6.45) is 1.67. The van der Waals surface area contributed by atoms with Crippen LogP contribution in [0.15, 0.2) is 28.9 Å². The Morgan fingerprint density at radius 3 is 2.89 bits per heavy atom. The lowest BCUT2D eigenvalue weighted by atomic mass is 10.0. The van der Waals surface area contributed by atoms with Crippen LogP contribution >= 0.6 is 27.5 Å². The number of methoxy groups -OCH3 is 1. The molecule has 102 valence electrons. The number of halogens is 2. The van der Waals surface area contributed by atoms with Crippen LogP contribution in [0.4, 0.5) is 0 Å². The summed E-state index contributed by atoms with van der Waals surface area (Å²) < 4.78 is 7.97. The Morgan fingerprint density at radius 1 is 1.53 bits per heavy atom. The largest absolute Gasteiger partial charge is 0.493 e. The molecule has 0 aliphatic carbocycles. The van der Waals surface area contributed by atoms with Gasteiger partial charge in [-0.25, -0.2) is 0 Å². The molecule has 2 rings (SSSR count). The third kappa shape index (κ3) is 2.63. The van der Waals surface area contributed by atoms with Crippen molar-refractivity contribution in [1.29, 1.82) is 0 Å². The standard InChI is InChI=1S/C13H15BrClN3O/c1-3-18-13(10(19-2)7-17-18)12(16)8-5-4-6-9(14)11(8)15/h4-7,12H,3,16H2,1-2H3. The maximum atomic E-state index is 6.34. The number of rotatable bonds is 4. The second-order valence-electron chi connectivity index (χ2n) is 4.03. The lowest BCUT2D eigenvalue weighted by Crippen LogP contribution is -2.18. The fourth-order valence-corrected chi connectivity index (χ4v) is 2.63. The average Bonchev–Trinajstić information content (AvgIpc) is 2.84. The number of nitrogens with two attached hydrogens (primary N) is 1. The van der Waals surface area contributed by atoms with Crippen LogP contribution in [0.3, 0.4) is 0 Å². The van der Waals surface area contributed by atoms with E-state index in [1.165, 1.54) is 0 Å². The second-order valence-corrected chi connectivity index (χ2v) is 5.27. The summed E-state index contributed by atoms with van der Waals surface area (Å²) in [5.41, 5.74) is 8.00. The summed E-state index contributed by atoms with van der Waals surface area (Å²) in [5, 5.41) is 4.87. The second kappa shape index (κ2) is 5.94. The van der Waals surface area contributed by atoms with Gasteiger partial charge in [0.05, 0.1) is 24.4 Å². The van der Waals surface area contributed by atoms with Crippen LogP contribution in [-0.2, 0) is 6.54 Å². The Labute approximate surface area is 125 Å². The molecule has 1 heterocycles. The molecule has 19 heavy (non-hydrogen) atoms. The van der Waals surface area contributed by atoms with Crippen LogP contribution in [0.25, 0.3) is 0 Å². The van der Waals surface area contributed by atoms with Crippen molar-refractivity contribution in [2.75, 3.05) is 7.11 Å². The maximum Gasteiger partial charge on any atom is 0.161 e. The van der Waals surface area contributed by atoms with Gasteiger partial charge in [-0.05, 0) is 34.5 Å². The molecule has 2 N–H and O–H groups in total. The Morgan fingerprint density at radius 2 is 2.26 bits per heavy atom. The molecule has 4 nitrogen and oxygen atoms in total. The van der Waals surface area contributed by atoms with E-state index in [-0.39, 0.29) is 6.04 Å². The summed E-state index contributed by atoms with van der Waals surface area (Å²) in [7, 11) is 1.61. The van der Waals surface area contributed by atoms with Crippen molar-refractivity contribution < 1.29 is 4.74 Å². The van der Waals surface area contributed by atoms with Gasteiger partial charge in [-0.3, -0.25) is 4.68 Å². The first-order valence-electron chi connectivity index (χ1n) is 5.89. The van der Waals surface area contributed by atoms with Crippen molar-refractivity contribution in [1.82, 2.24) is 9.78 Å². The molecule has 0 amide bonds. The number of aromatic nitrogens is 2. The summed E-state index contributed by atoms with van der Waals surface area (Å²) in [4.78, 5) is 0. The first kappa shape index (κ1) is 14.4. The average molecular weight is 345 g/mol. The molecule has 0 aliphatic rings. The van der Waals surface area contributed by atoms with Gasteiger partial charge < -0.3 is 10.5 Å². The predicted octanol–water partition coefficient (Wildman–Crippen LogP) is 3.38. The number of aryl methyl sites for hydroxylation is 1. The number of hydrogen-bond acceptors (Lipinski definition) is 3. The van der Waals surface area contributed by atoms with E-state index in [1.807, 2.05) is 29.8 Å². The lowest BCUT2D eigenvalue weighted by Gasteiger charge is -2.17. The molecular formula is C13H15BrClN3O. The van der Waals surface area contributed by atoms with E-state index in [1.54, 1.807) is 13.3 Å². The molecule has 0 fully saturated rings. The zero-order valence-corrected chi connectivity index (χ0v) is 13.1. The summed E-state index contributed by atoms with van der Waals surface area (Å²) >= 11 is 9.71. The Bertz CT molecular complexity index is 564. The third-order valence-electron chi connectivity index (χ3n) is 2.98. The lowest BCUT2D eigenvalue weighted by molar-refractivity contribution is 0.404. The zero-order valence-electron chi connectivity index (χ0n) is 10.7. The highest BCUT2D eigenvalue weighted by Gasteiger charge is 2.22. The highest BCUT2D eigenvalue weighted by atomic mass is 79.9. The van der Waals surface area contributed by atoms with Gasteiger partial charge >= 0.3 is 0 Å². The van der Waals surface area contributed by atoms with Crippen LogP contribution in [0.2, 0.25) is 5.02 Å². The van der Waals surface area contributed by atoms with E-state index in [9.17, 15) is 0 Å². The van der Waals surface area contributed by atoms with E-state index in [0.717, 1.165) is 22.3 Å². The van der Waals surface area contributed by atoms with Crippen LogP contribution < -0.4 is 10.5 Å². The van der Waals surface area contributed by atoms with Gasteiger partial charge in [0.2, 0.25) is 0 Å². The highest BCUT2D eigenvalue weighted by Crippen LogP contribution is 2.35. The number of benzene rings is 1. The molecule has 0 saturated carbocycles. The van der Waals surface area contributed by atoms with Gasteiger partial charge in [0.25, 0.3) is 0 Å². The molecule has 0 aliphatic heterocycles. The van der Waals surface area contributed by atoms with Crippen molar-refractivity contribution in [3.8, 4) is 5.75 Å². The fraction of sp³-hybridized carbons (Fsp3) is 0.308. The van der Waals surface area contributed by atoms with Crippen LogP contribution in [0, 0.1) is 0 Å². The Balaban J connectivity index is 2.52. The van der Waals surface area contributed by atoms with Gasteiger partial charge in [-0.1, -0.05) is 23.7 Å². The van der Waals surface area contributed by atoms with Gasteiger partial charge in [-0.2, -0.15) is 5.10 Å². The quantitative estimate of drug-likeness (QED) is 0.925. The van der Waals surface area contributed by atoms with Gasteiger partial charge in [0.15, 0.2) is 5.75 Å². The molecule has 1 unspecified atom stereocenters. The maximum absolute atomic E-state index is 6.34. The molecule has 1 aromatic carbocycles. The normalized spacial score (nSPS) is 12.5. The fourth-order valence-electron chi connectivity index (χ4n) is 2.01. The van der Waals surface area contributed by atoms with E-state index in [2.05, 4.69) is 21.0 Å². The van der Waals surface area contributed by atoms with Crippen LogP contribution in [-0.4, -0.2) is 16.9 Å².